The van der Waals surface area contributed by atoms with Crippen LogP contribution in [0.4, 0.5) is 8.78 Å². The summed E-state index contributed by atoms with van der Waals surface area (Å²) in [6.07, 6.45) is 2.59. The monoisotopic (exact) mass is 252 g/mol. The maximum Gasteiger partial charge on any atom is 0.337 e. The first-order valence-corrected chi connectivity index (χ1v) is 5.13. The molecule has 94 valence electrons. The summed E-state index contributed by atoms with van der Waals surface area (Å²) < 4.78 is 29.8. The van der Waals surface area contributed by atoms with Gasteiger partial charge >= 0.3 is 12.5 Å². The molecule has 0 bridgehead atoms. The molecule has 0 spiro atoms. The van der Waals surface area contributed by atoms with Crippen molar-refractivity contribution in [2.24, 2.45) is 0 Å². The number of carbonyl (C=O) groups is 1. The van der Waals surface area contributed by atoms with Crippen LogP contribution in [-0.2, 0) is 4.74 Å². The van der Waals surface area contributed by atoms with Crippen LogP contribution in [0.5, 0.6) is 0 Å². The molecular weight excluding hydrogens is 242 g/mol. The highest BCUT2D eigenvalue weighted by molar-refractivity contribution is 5.89. The van der Waals surface area contributed by atoms with Crippen molar-refractivity contribution < 1.29 is 18.3 Å². The zero-order chi connectivity index (χ0) is 13.1. The lowest BCUT2D eigenvalue weighted by Crippen LogP contribution is -2.00. The molecule has 0 unspecified atom stereocenters. The molecule has 0 atom stereocenters. The summed E-state index contributed by atoms with van der Waals surface area (Å²) in [5.41, 5.74) is 1.67. The van der Waals surface area contributed by atoms with Gasteiger partial charge in [0.05, 0.1) is 18.9 Å². The number of nitrogens with zero attached hydrogens (tertiary/aromatic N) is 2. The van der Waals surface area contributed by atoms with Gasteiger partial charge < -0.3 is 4.74 Å². The van der Waals surface area contributed by atoms with Crippen molar-refractivity contribution in [2.45, 2.75) is 6.55 Å². The second-order valence-corrected chi connectivity index (χ2v) is 3.56. The highest BCUT2D eigenvalue weighted by Gasteiger charge is 2.09. The Labute approximate surface area is 102 Å². The van der Waals surface area contributed by atoms with Gasteiger partial charge in [0.15, 0.2) is 0 Å². The fourth-order valence-corrected chi connectivity index (χ4v) is 1.51. The van der Waals surface area contributed by atoms with Gasteiger partial charge in [-0.1, -0.05) is 12.1 Å². The van der Waals surface area contributed by atoms with Crippen LogP contribution in [0.15, 0.2) is 36.7 Å². The van der Waals surface area contributed by atoms with E-state index in [0.717, 1.165) is 0 Å². The Balaban J connectivity index is 2.25. The predicted octanol–water partition coefficient (Wildman–Crippen LogP) is 2.73. The number of hydrogen-bond acceptors (Lipinski definition) is 3. The number of ether oxygens (including phenoxy) is 1. The van der Waals surface area contributed by atoms with Crippen LogP contribution in [0.1, 0.15) is 16.9 Å². The largest absolute Gasteiger partial charge is 0.465 e. The number of methoxy groups -OCH3 is 1. The molecule has 0 aliphatic carbocycles. The van der Waals surface area contributed by atoms with Crippen LogP contribution in [0.2, 0.25) is 0 Å². The average molecular weight is 252 g/mol. The van der Waals surface area contributed by atoms with Gasteiger partial charge in [0.25, 0.3) is 0 Å². The quantitative estimate of drug-likeness (QED) is 0.789. The number of halogens is 2. The molecule has 0 saturated heterocycles. The van der Waals surface area contributed by atoms with E-state index in [9.17, 15) is 13.6 Å². The maximum absolute atomic E-state index is 12.4. The highest BCUT2D eigenvalue weighted by Crippen LogP contribution is 2.21. The molecule has 18 heavy (non-hydrogen) atoms. The maximum atomic E-state index is 12.4. The van der Waals surface area contributed by atoms with Gasteiger partial charge in [0.2, 0.25) is 0 Å². The SMILES string of the molecule is COC(=O)c1ccc(-c2cnn(C(F)F)c2)cc1. The standard InChI is InChI=1S/C12H10F2N2O2/c1-18-11(17)9-4-2-8(3-5-9)10-6-15-16(7-10)12(13)14/h2-7,12H,1H3. The van der Waals surface area contributed by atoms with E-state index < -0.39 is 12.5 Å². The van der Waals surface area contributed by atoms with E-state index in [0.29, 0.717) is 21.4 Å². The summed E-state index contributed by atoms with van der Waals surface area (Å²) >= 11 is 0. The van der Waals surface area contributed by atoms with Gasteiger partial charge in [-0.25, -0.2) is 9.48 Å². The fraction of sp³-hybridized carbons (Fsp3) is 0.167. The normalized spacial score (nSPS) is 10.7. The van der Waals surface area contributed by atoms with Crippen LogP contribution in [0.25, 0.3) is 11.1 Å². The first-order chi connectivity index (χ1) is 8.61. The molecule has 0 aliphatic rings. The van der Waals surface area contributed by atoms with Gasteiger partial charge in [-0.15, -0.1) is 0 Å². The average Bonchev–Trinajstić information content (AvgIpc) is 2.88. The molecular formula is C12H10F2N2O2. The van der Waals surface area contributed by atoms with Crippen molar-refractivity contribution >= 4 is 5.97 Å². The minimum Gasteiger partial charge on any atom is -0.465 e. The van der Waals surface area contributed by atoms with Crippen molar-refractivity contribution in [1.82, 2.24) is 9.78 Å². The van der Waals surface area contributed by atoms with Gasteiger partial charge in [0, 0.05) is 11.8 Å². The van der Waals surface area contributed by atoms with Crippen molar-refractivity contribution in [3.63, 3.8) is 0 Å². The Hall–Kier alpha value is -2.24. The van der Waals surface area contributed by atoms with Crippen molar-refractivity contribution in [3.8, 4) is 11.1 Å². The lowest BCUT2D eigenvalue weighted by atomic mass is 10.1. The van der Waals surface area contributed by atoms with E-state index >= 15 is 0 Å². The number of benzene rings is 1. The van der Waals surface area contributed by atoms with Crippen LogP contribution in [-0.4, -0.2) is 22.9 Å². The molecule has 0 amide bonds. The Morgan fingerprint density at radius 3 is 2.44 bits per heavy atom. The minimum absolute atomic E-state index is 0.405. The summed E-state index contributed by atoms with van der Waals surface area (Å²) in [7, 11) is 1.29. The van der Waals surface area contributed by atoms with E-state index in [1.165, 1.54) is 19.5 Å². The summed E-state index contributed by atoms with van der Waals surface area (Å²) in [4.78, 5) is 11.2. The molecule has 0 saturated carbocycles. The second-order valence-electron chi connectivity index (χ2n) is 3.56. The van der Waals surface area contributed by atoms with Crippen LogP contribution < -0.4 is 0 Å². The number of carbonyl (C=O) groups excluding carboxylic acids is 1. The molecule has 0 fully saturated rings. The van der Waals surface area contributed by atoms with Gasteiger partial charge in [-0.3, -0.25) is 0 Å². The second kappa shape index (κ2) is 4.95. The zero-order valence-electron chi connectivity index (χ0n) is 9.51. The Kier molecular flexibility index (Phi) is 3.36. The lowest BCUT2D eigenvalue weighted by Gasteiger charge is -2.01. The summed E-state index contributed by atoms with van der Waals surface area (Å²) in [5.74, 6) is -0.440. The molecule has 1 heterocycles. The van der Waals surface area contributed by atoms with E-state index in [1.54, 1.807) is 24.3 Å². The van der Waals surface area contributed by atoms with Gasteiger partial charge in [-0.2, -0.15) is 13.9 Å². The molecule has 0 radical (unpaired) electrons. The Morgan fingerprint density at radius 1 is 1.28 bits per heavy atom. The van der Waals surface area contributed by atoms with Crippen molar-refractivity contribution in [2.75, 3.05) is 7.11 Å². The lowest BCUT2D eigenvalue weighted by molar-refractivity contribution is 0.0565. The first kappa shape index (κ1) is 12.2. The number of hydrogen-bond donors (Lipinski definition) is 0. The van der Waals surface area contributed by atoms with Crippen molar-refractivity contribution in [1.29, 1.82) is 0 Å². The molecule has 2 aromatic rings. The highest BCUT2D eigenvalue weighted by atomic mass is 19.3. The third-order valence-corrected chi connectivity index (χ3v) is 2.44. The number of rotatable bonds is 3. The summed E-state index contributed by atoms with van der Waals surface area (Å²) in [6.45, 7) is -2.66. The zero-order valence-corrected chi connectivity index (χ0v) is 9.51. The molecule has 1 aromatic heterocycles. The van der Waals surface area contributed by atoms with Crippen molar-refractivity contribution in [3.05, 3.63) is 42.2 Å². The molecule has 6 heteroatoms. The molecule has 1 aromatic carbocycles. The predicted molar refractivity (Wildman–Crippen MR) is 60.3 cm³/mol. The summed E-state index contributed by atoms with van der Waals surface area (Å²) in [5, 5.41) is 3.54. The first-order valence-electron chi connectivity index (χ1n) is 5.13. The minimum atomic E-state index is -2.66. The fourth-order valence-electron chi connectivity index (χ4n) is 1.51. The molecule has 0 N–H and O–H groups in total. The summed E-state index contributed by atoms with van der Waals surface area (Å²) in [6, 6.07) is 6.44. The van der Waals surface area contributed by atoms with Crippen LogP contribution >= 0.6 is 0 Å². The number of alkyl halides is 2. The Bertz CT molecular complexity index is 549. The van der Waals surface area contributed by atoms with Gasteiger partial charge in [0.1, 0.15) is 0 Å². The number of esters is 1. The van der Waals surface area contributed by atoms with E-state index in [4.69, 9.17) is 0 Å². The third kappa shape index (κ3) is 2.37. The van der Waals surface area contributed by atoms with E-state index in [1.807, 2.05) is 0 Å². The Morgan fingerprint density at radius 2 is 1.94 bits per heavy atom. The topological polar surface area (TPSA) is 44.1 Å². The van der Waals surface area contributed by atoms with Gasteiger partial charge in [-0.05, 0) is 17.7 Å². The third-order valence-electron chi connectivity index (χ3n) is 2.44. The van der Waals surface area contributed by atoms with Crippen LogP contribution in [0.3, 0.4) is 0 Å². The smallest absolute Gasteiger partial charge is 0.337 e. The van der Waals surface area contributed by atoms with E-state index in [-0.39, 0.29) is 0 Å². The van der Waals surface area contributed by atoms with Crippen LogP contribution in [0, 0.1) is 0 Å². The molecule has 4 nitrogen and oxygen atoms in total. The molecule has 0 aliphatic heterocycles. The van der Waals surface area contributed by atoms with E-state index in [2.05, 4.69) is 9.84 Å². The molecule has 2 rings (SSSR count). The number of aromatic nitrogens is 2.